The van der Waals surface area contributed by atoms with Crippen LogP contribution in [0.1, 0.15) is 12.8 Å². The second-order valence-electron chi connectivity index (χ2n) is 8.71. The number of nitrogens with zero attached hydrogens (tertiary/aromatic N) is 2. The van der Waals surface area contributed by atoms with Gasteiger partial charge in [-0.3, -0.25) is 14.5 Å². The molecule has 3 aliphatic heterocycles. The molecule has 0 aliphatic carbocycles. The molecule has 0 radical (unpaired) electrons. The second kappa shape index (κ2) is 13.5. The number of allylic oxidation sites excluding steroid dienone is 1. The van der Waals surface area contributed by atoms with E-state index in [2.05, 4.69) is 16.3 Å². The third-order valence-corrected chi connectivity index (χ3v) is 10.3. The van der Waals surface area contributed by atoms with E-state index in [4.69, 9.17) is 28.3 Å². The maximum atomic E-state index is 12.9. The van der Waals surface area contributed by atoms with Crippen molar-refractivity contribution in [3.63, 3.8) is 0 Å². The van der Waals surface area contributed by atoms with E-state index in [9.17, 15) is 19.5 Å². The smallest absolute Gasteiger partial charge is 0.352 e. The molecule has 1 saturated heterocycles. The number of aliphatic carboxylic acids is 1. The molecule has 3 aliphatic rings. The van der Waals surface area contributed by atoms with Crippen LogP contribution in [0.2, 0.25) is 10.0 Å². The van der Waals surface area contributed by atoms with Crippen LogP contribution < -0.4 is 5.32 Å². The Labute approximate surface area is 243 Å². The van der Waals surface area contributed by atoms with Crippen LogP contribution in [0, 0.1) is 0 Å². The number of β-lactam (4-membered cyclic amide) rings is 1. The van der Waals surface area contributed by atoms with Crippen molar-refractivity contribution in [2.24, 2.45) is 0 Å². The highest BCUT2D eigenvalue weighted by Gasteiger charge is 2.54. The van der Waals surface area contributed by atoms with Gasteiger partial charge in [0, 0.05) is 52.2 Å². The van der Waals surface area contributed by atoms with Crippen LogP contribution in [0.15, 0.2) is 57.6 Å². The zero-order valence-electron chi connectivity index (χ0n) is 20.3. The van der Waals surface area contributed by atoms with Crippen molar-refractivity contribution < 1.29 is 24.6 Å². The topological polar surface area (TPSA) is 110 Å². The monoisotopic (exact) mass is 615 g/mol. The summed E-state index contributed by atoms with van der Waals surface area (Å²) < 4.78 is 0. The Morgan fingerprint density at radius 1 is 1.21 bits per heavy atom. The Balaban J connectivity index is 1.31. The number of aliphatic hydroxyl groups is 1. The summed E-state index contributed by atoms with van der Waals surface area (Å²) in [6.45, 7) is 1.83. The quantitative estimate of drug-likeness (QED) is 0.182. The van der Waals surface area contributed by atoms with Crippen molar-refractivity contribution in [3.8, 4) is 0 Å². The Hall–Kier alpha value is -1.76. The van der Waals surface area contributed by atoms with Gasteiger partial charge in [-0.25, -0.2) is 4.79 Å². The Morgan fingerprint density at radius 3 is 2.74 bits per heavy atom. The maximum absolute atomic E-state index is 12.9. The first kappa shape index (κ1) is 29.2. The van der Waals surface area contributed by atoms with Crippen LogP contribution in [0.25, 0.3) is 0 Å². The summed E-state index contributed by atoms with van der Waals surface area (Å²) in [7, 11) is 0. The van der Waals surface area contributed by atoms with Gasteiger partial charge in [-0.1, -0.05) is 29.3 Å². The number of carboxylic acid groups (broad SMARTS) is 1. The first-order valence-electron chi connectivity index (χ1n) is 11.9. The Bertz CT molecular complexity index is 1190. The van der Waals surface area contributed by atoms with Crippen LogP contribution in [0.4, 0.5) is 0 Å². The van der Waals surface area contributed by atoms with E-state index < -0.39 is 23.3 Å². The lowest BCUT2D eigenvalue weighted by Gasteiger charge is -2.49. The van der Waals surface area contributed by atoms with Crippen LogP contribution >= 0.6 is 58.5 Å². The number of aliphatic hydroxyl groups excluding tert-OH is 1. The molecule has 8 nitrogen and oxygen atoms in total. The molecule has 0 saturated carbocycles. The van der Waals surface area contributed by atoms with Crippen molar-refractivity contribution in [1.29, 1.82) is 0 Å². The summed E-state index contributed by atoms with van der Waals surface area (Å²) in [5, 5.41) is 22.1. The van der Waals surface area contributed by atoms with E-state index in [0.717, 1.165) is 30.8 Å². The first-order valence-corrected chi connectivity index (χ1v) is 15.7. The third-order valence-electron chi connectivity index (χ3n) is 6.06. The molecule has 204 valence electrons. The molecule has 3 heterocycles. The lowest BCUT2D eigenvalue weighted by molar-refractivity contribution is -0.150. The molecule has 2 amide bonds. The number of rotatable bonds is 12. The normalized spacial score (nSPS) is 20.7. The minimum Gasteiger partial charge on any atom is -0.477 e. The maximum Gasteiger partial charge on any atom is 0.352 e. The second-order valence-corrected chi connectivity index (χ2v) is 12.7. The van der Waals surface area contributed by atoms with Gasteiger partial charge < -0.3 is 20.4 Å². The van der Waals surface area contributed by atoms with E-state index in [1.165, 1.54) is 28.4 Å². The van der Waals surface area contributed by atoms with Gasteiger partial charge in [-0.05, 0) is 42.7 Å². The average molecular weight is 617 g/mol. The van der Waals surface area contributed by atoms with Crippen molar-refractivity contribution in [1.82, 2.24) is 15.1 Å². The van der Waals surface area contributed by atoms with Crippen LogP contribution in [-0.4, -0.2) is 86.2 Å². The number of unbranched alkanes of at least 4 members (excludes halogenated alkanes) is 1. The van der Waals surface area contributed by atoms with Crippen LogP contribution in [-0.2, 0) is 14.4 Å². The summed E-state index contributed by atoms with van der Waals surface area (Å²) in [6.07, 6.45) is 7.81. The van der Waals surface area contributed by atoms with Gasteiger partial charge in [0.05, 0.1) is 10.8 Å². The Morgan fingerprint density at radius 2 is 2.03 bits per heavy atom. The minimum atomic E-state index is -1.14. The molecule has 1 fully saturated rings. The number of amides is 2. The predicted octanol–water partition coefficient (Wildman–Crippen LogP) is 4.04. The summed E-state index contributed by atoms with van der Waals surface area (Å²) in [4.78, 5) is 42.8. The fraction of sp³-hybridized carbons (Fsp3) is 0.400. The molecule has 3 N–H and O–H groups in total. The highest BCUT2D eigenvalue weighted by atomic mass is 35.5. The van der Waals surface area contributed by atoms with Crippen molar-refractivity contribution in [2.45, 2.75) is 29.2 Å². The van der Waals surface area contributed by atoms with Gasteiger partial charge in [0.1, 0.15) is 17.1 Å². The fourth-order valence-corrected chi connectivity index (χ4v) is 7.83. The molecule has 0 bridgehead atoms. The third kappa shape index (κ3) is 7.05. The number of nitrogens with one attached hydrogen (secondary N) is 1. The van der Waals surface area contributed by atoms with Gasteiger partial charge in [0.15, 0.2) is 0 Å². The van der Waals surface area contributed by atoms with Gasteiger partial charge >= 0.3 is 5.97 Å². The SMILES string of the molecule is O=C(CSc1cc(Cl)ccc1Cl)N[C@H]1C(=O)N2C(C(=O)O)=C(CSC3=CCN(CCCCO)C=C3)CS[C@H]12. The first-order chi connectivity index (χ1) is 18.3. The van der Waals surface area contributed by atoms with Crippen molar-refractivity contribution in [3.05, 3.63) is 62.8 Å². The van der Waals surface area contributed by atoms with Crippen LogP contribution in [0.5, 0.6) is 0 Å². The lowest BCUT2D eigenvalue weighted by Crippen LogP contribution is -2.70. The number of thioether (sulfide) groups is 3. The van der Waals surface area contributed by atoms with E-state index in [0.29, 0.717) is 32.0 Å². The highest BCUT2D eigenvalue weighted by Crippen LogP contribution is 2.42. The molecule has 0 unspecified atom stereocenters. The molecule has 0 spiro atoms. The number of carbonyl (C=O) groups is 3. The molecule has 0 aromatic heterocycles. The summed E-state index contributed by atoms with van der Waals surface area (Å²) in [5.41, 5.74) is 0.704. The average Bonchev–Trinajstić information content (AvgIpc) is 2.91. The number of hydrogen-bond acceptors (Lipinski definition) is 8. The predicted molar refractivity (Wildman–Crippen MR) is 154 cm³/mol. The van der Waals surface area contributed by atoms with Crippen LogP contribution in [0.3, 0.4) is 0 Å². The van der Waals surface area contributed by atoms with Gasteiger partial charge in [0.2, 0.25) is 5.91 Å². The molecule has 2 atom stereocenters. The lowest BCUT2D eigenvalue weighted by atomic mass is 10.0. The zero-order chi connectivity index (χ0) is 27.2. The molecular weight excluding hydrogens is 589 g/mol. The molecule has 1 aromatic carbocycles. The van der Waals surface area contributed by atoms with E-state index in [1.807, 2.05) is 12.3 Å². The van der Waals surface area contributed by atoms with E-state index in [-0.39, 0.29) is 24.0 Å². The zero-order valence-corrected chi connectivity index (χ0v) is 24.2. The van der Waals surface area contributed by atoms with Crippen molar-refractivity contribution in [2.75, 3.05) is 37.0 Å². The summed E-state index contributed by atoms with van der Waals surface area (Å²) in [5.74, 6) is -0.929. The molecule has 4 rings (SSSR count). The number of benzene rings is 1. The molecular formula is C25H27Cl2N3O5S3. The molecule has 13 heteroatoms. The summed E-state index contributed by atoms with van der Waals surface area (Å²) >= 11 is 16.4. The van der Waals surface area contributed by atoms with Gasteiger partial charge in [0.25, 0.3) is 5.91 Å². The highest BCUT2D eigenvalue weighted by molar-refractivity contribution is 8.03. The van der Waals surface area contributed by atoms with Crippen molar-refractivity contribution >= 4 is 76.3 Å². The minimum absolute atomic E-state index is 0.0165. The largest absolute Gasteiger partial charge is 0.477 e. The van der Waals surface area contributed by atoms with E-state index in [1.54, 1.807) is 30.0 Å². The number of hydrogen-bond donors (Lipinski definition) is 3. The Kier molecular flexibility index (Phi) is 10.4. The summed E-state index contributed by atoms with van der Waals surface area (Å²) in [6, 6.07) is 4.22. The van der Waals surface area contributed by atoms with Gasteiger partial charge in [-0.15, -0.1) is 35.3 Å². The number of carboxylic acids is 1. The number of halogens is 2. The standard InChI is InChI=1S/C25H27Cl2N3O5S3/c26-16-3-4-18(27)19(11-16)37-14-20(32)28-21-23(33)30-22(25(34)35)15(13-38-24(21)30)12-36-17-5-8-29(9-6-17)7-1-2-10-31/h3-6,8,11,21,24,31H,1-2,7,9-10,12-14H2,(H,28,32)(H,34,35)/t21-,24+/m0/s1. The van der Waals surface area contributed by atoms with Gasteiger partial charge in [-0.2, -0.15) is 0 Å². The number of fused-ring (bicyclic) bond motifs is 1. The fourth-order valence-electron chi connectivity index (χ4n) is 4.13. The van der Waals surface area contributed by atoms with E-state index >= 15 is 0 Å². The molecule has 1 aromatic rings. The number of carbonyl (C=O) groups excluding carboxylic acids is 2. The molecule has 38 heavy (non-hydrogen) atoms.